The van der Waals surface area contributed by atoms with Crippen LogP contribution in [0.5, 0.6) is 0 Å². The maximum Gasteiger partial charge on any atom is 0.326 e. The molecule has 17 nitrogen and oxygen atoms in total. The number of carbonyl (C=O) groups is 3. The summed E-state index contributed by atoms with van der Waals surface area (Å²) in [5, 5.41) is 17.8. The van der Waals surface area contributed by atoms with Gasteiger partial charge in [-0.15, -0.1) is 0 Å². The quantitative estimate of drug-likeness (QED) is 0.0759. The first-order valence-corrected chi connectivity index (χ1v) is 15.2. The van der Waals surface area contributed by atoms with E-state index in [2.05, 4.69) is 35.9 Å². The molecule has 1 atom stereocenters. The second-order valence-corrected chi connectivity index (χ2v) is 10.1. The van der Waals surface area contributed by atoms with Crippen molar-refractivity contribution in [3.63, 3.8) is 0 Å². The van der Waals surface area contributed by atoms with E-state index >= 15 is 0 Å². The Labute approximate surface area is 271 Å². The van der Waals surface area contributed by atoms with Crippen molar-refractivity contribution in [3.05, 3.63) is 52.1 Å². The minimum Gasteiger partial charge on any atom is -0.480 e. The third-order valence-corrected chi connectivity index (χ3v) is 6.40. The summed E-state index contributed by atoms with van der Waals surface area (Å²) in [5.74, 6) is -2.26. The SMILES string of the molecule is CCCOCCOCCOCCOCCNC(=O)CC[C@H](NC(=O)c1ccc(NCc2cnc3nc(N)[nH]c(=O)c3n2)cc1)C(=O)O. The van der Waals surface area contributed by atoms with E-state index in [1.54, 1.807) is 12.1 Å². The highest BCUT2D eigenvalue weighted by Gasteiger charge is 2.21. The molecule has 0 spiro atoms. The van der Waals surface area contributed by atoms with Gasteiger partial charge in [0.1, 0.15) is 6.04 Å². The molecule has 2 amide bonds. The normalized spacial score (nSPS) is 11.7. The van der Waals surface area contributed by atoms with Crippen LogP contribution in [0.1, 0.15) is 42.2 Å². The number of nitrogens with one attached hydrogen (secondary N) is 4. The van der Waals surface area contributed by atoms with Crippen LogP contribution in [-0.4, -0.2) is 108 Å². The summed E-state index contributed by atoms with van der Waals surface area (Å²) in [6.45, 7) is 6.28. The number of rotatable bonds is 23. The number of benzene rings is 1. The van der Waals surface area contributed by atoms with E-state index in [1.807, 2.05) is 6.92 Å². The first kappa shape index (κ1) is 36.8. The summed E-state index contributed by atoms with van der Waals surface area (Å²) >= 11 is 0. The van der Waals surface area contributed by atoms with Crippen LogP contribution in [0.4, 0.5) is 11.6 Å². The number of nitrogens with zero attached hydrogens (tertiary/aromatic N) is 3. The summed E-state index contributed by atoms with van der Waals surface area (Å²) in [6, 6.07) is 5.06. The van der Waals surface area contributed by atoms with Crippen molar-refractivity contribution in [2.45, 2.75) is 38.8 Å². The van der Waals surface area contributed by atoms with Crippen LogP contribution in [0.2, 0.25) is 0 Å². The van der Waals surface area contributed by atoms with Gasteiger partial charge in [-0.1, -0.05) is 6.92 Å². The van der Waals surface area contributed by atoms with Crippen molar-refractivity contribution in [1.29, 1.82) is 0 Å². The number of aromatic amines is 1. The first-order valence-electron chi connectivity index (χ1n) is 15.2. The van der Waals surface area contributed by atoms with Crippen molar-refractivity contribution < 1.29 is 38.4 Å². The fourth-order valence-electron chi connectivity index (χ4n) is 4.02. The van der Waals surface area contributed by atoms with Crippen molar-refractivity contribution in [2.24, 2.45) is 0 Å². The van der Waals surface area contributed by atoms with Gasteiger partial charge in [-0.25, -0.2) is 14.8 Å². The number of nitrogens with two attached hydrogens (primary N) is 1. The topological polar surface area (TPSA) is 242 Å². The number of amides is 2. The second kappa shape index (κ2) is 20.4. The van der Waals surface area contributed by atoms with Crippen LogP contribution in [0.25, 0.3) is 11.2 Å². The molecule has 0 aliphatic carbocycles. The van der Waals surface area contributed by atoms with E-state index in [0.717, 1.165) is 13.0 Å². The number of aliphatic carboxylic acids is 1. The number of carboxylic acids is 1. The summed E-state index contributed by atoms with van der Waals surface area (Å²) in [4.78, 5) is 63.3. The summed E-state index contributed by atoms with van der Waals surface area (Å²) in [6.07, 6.45) is 2.25. The number of carboxylic acid groups (broad SMARTS) is 1. The number of H-pyrrole nitrogens is 1. The van der Waals surface area contributed by atoms with Gasteiger partial charge in [0.05, 0.1) is 64.7 Å². The number of ether oxygens (including phenoxy) is 4. The average Bonchev–Trinajstić information content (AvgIpc) is 3.05. The zero-order valence-corrected chi connectivity index (χ0v) is 26.3. The van der Waals surface area contributed by atoms with Crippen LogP contribution in [0.15, 0.2) is 35.3 Å². The smallest absolute Gasteiger partial charge is 0.326 e. The van der Waals surface area contributed by atoms with Crippen molar-refractivity contribution in [2.75, 3.05) is 70.5 Å². The molecule has 0 bridgehead atoms. The minimum absolute atomic E-state index is 0.0514. The maximum absolute atomic E-state index is 12.7. The fourth-order valence-corrected chi connectivity index (χ4v) is 4.02. The van der Waals surface area contributed by atoms with Crippen LogP contribution in [0.3, 0.4) is 0 Å². The van der Waals surface area contributed by atoms with Gasteiger partial charge in [0, 0.05) is 30.8 Å². The Morgan fingerprint density at radius 1 is 0.936 bits per heavy atom. The number of hydrogen-bond donors (Lipinski definition) is 6. The molecule has 3 aromatic rings. The molecule has 0 aliphatic rings. The molecule has 0 fully saturated rings. The minimum atomic E-state index is -1.26. The van der Waals surface area contributed by atoms with E-state index < -0.39 is 23.5 Å². The van der Waals surface area contributed by atoms with Gasteiger partial charge in [-0.05, 0) is 37.1 Å². The third-order valence-electron chi connectivity index (χ3n) is 6.40. The highest BCUT2D eigenvalue weighted by Crippen LogP contribution is 2.12. The van der Waals surface area contributed by atoms with E-state index in [1.165, 1.54) is 18.3 Å². The van der Waals surface area contributed by atoms with Gasteiger partial charge >= 0.3 is 5.97 Å². The van der Waals surface area contributed by atoms with E-state index in [4.69, 9.17) is 24.7 Å². The number of fused-ring (bicyclic) bond motifs is 1. The lowest BCUT2D eigenvalue weighted by atomic mass is 10.1. The van der Waals surface area contributed by atoms with Gasteiger partial charge < -0.3 is 45.7 Å². The molecule has 7 N–H and O–H groups in total. The Bertz CT molecular complexity index is 1490. The fraction of sp³-hybridized carbons (Fsp3) is 0.500. The molecule has 0 saturated carbocycles. The van der Waals surface area contributed by atoms with Gasteiger partial charge in [-0.2, -0.15) is 4.98 Å². The lowest BCUT2D eigenvalue weighted by Gasteiger charge is -2.15. The van der Waals surface area contributed by atoms with Crippen LogP contribution < -0.4 is 27.2 Å². The molecule has 0 aliphatic heterocycles. The predicted molar refractivity (Wildman–Crippen MR) is 171 cm³/mol. The highest BCUT2D eigenvalue weighted by atomic mass is 16.6. The Balaban J connectivity index is 1.29. The highest BCUT2D eigenvalue weighted by molar-refractivity contribution is 5.97. The summed E-state index contributed by atoms with van der Waals surface area (Å²) in [5.41, 5.74) is 6.57. The number of aromatic nitrogens is 4. The Kier molecular flexibility index (Phi) is 16.0. The van der Waals surface area contributed by atoms with Gasteiger partial charge in [-0.3, -0.25) is 19.4 Å². The lowest BCUT2D eigenvalue weighted by Crippen LogP contribution is -2.41. The number of anilines is 2. The average molecular weight is 659 g/mol. The third kappa shape index (κ3) is 13.7. The molecule has 0 radical (unpaired) electrons. The number of carbonyl (C=O) groups excluding carboxylic acids is 2. The molecular formula is C30H42N8O9. The molecular weight excluding hydrogens is 616 g/mol. The van der Waals surface area contributed by atoms with E-state index in [9.17, 15) is 24.3 Å². The molecule has 2 aromatic heterocycles. The molecule has 3 rings (SSSR count). The molecule has 2 heterocycles. The second-order valence-electron chi connectivity index (χ2n) is 10.1. The van der Waals surface area contributed by atoms with E-state index in [-0.39, 0.29) is 61.1 Å². The van der Waals surface area contributed by atoms with Crippen LogP contribution in [0, 0.1) is 0 Å². The molecule has 1 aromatic carbocycles. The maximum atomic E-state index is 12.7. The van der Waals surface area contributed by atoms with E-state index in [0.29, 0.717) is 51.0 Å². The largest absolute Gasteiger partial charge is 0.480 e. The molecule has 256 valence electrons. The van der Waals surface area contributed by atoms with Crippen LogP contribution >= 0.6 is 0 Å². The van der Waals surface area contributed by atoms with Crippen molar-refractivity contribution in [1.82, 2.24) is 30.6 Å². The molecule has 17 heteroatoms. The van der Waals surface area contributed by atoms with Gasteiger partial charge in [0.15, 0.2) is 11.2 Å². The summed E-state index contributed by atoms with van der Waals surface area (Å²) < 4.78 is 21.5. The molecule has 0 unspecified atom stereocenters. The lowest BCUT2D eigenvalue weighted by molar-refractivity contribution is -0.139. The Morgan fingerprint density at radius 2 is 1.57 bits per heavy atom. The predicted octanol–water partition coefficient (Wildman–Crippen LogP) is 0.463. The first-order chi connectivity index (χ1) is 22.8. The zero-order valence-electron chi connectivity index (χ0n) is 26.3. The summed E-state index contributed by atoms with van der Waals surface area (Å²) in [7, 11) is 0. The van der Waals surface area contributed by atoms with Gasteiger partial charge in [0.2, 0.25) is 11.9 Å². The molecule has 0 saturated heterocycles. The van der Waals surface area contributed by atoms with Crippen molar-refractivity contribution in [3.8, 4) is 0 Å². The number of hydrogen-bond acceptors (Lipinski definition) is 13. The van der Waals surface area contributed by atoms with Crippen LogP contribution in [-0.2, 0) is 35.1 Å². The monoisotopic (exact) mass is 658 g/mol. The molecule has 47 heavy (non-hydrogen) atoms. The van der Waals surface area contributed by atoms with Gasteiger partial charge in [0.25, 0.3) is 11.5 Å². The zero-order chi connectivity index (χ0) is 33.9. The van der Waals surface area contributed by atoms with Crippen molar-refractivity contribution >= 4 is 40.6 Å². The number of nitrogen functional groups attached to an aromatic ring is 1. The standard InChI is InChI=1S/C30H42N8O9/c1-2-10-44-12-14-46-16-17-47-15-13-45-11-9-32-24(39)8-7-23(29(42)43)36-27(40)20-3-5-21(6-4-20)33-18-22-19-34-26-25(35-22)28(41)38-30(31)37-26/h3-6,19,23,33H,2,7-18H2,1H3,(H,32,39)(H,36,40)(H,42,43)(H3,31,34,37,38,41)/t23-/m0/s1. The Morgan fingerprint density at radius 3 is 2.21 bits per heavy atom. The Hall–Kier alpha value is -4.71.